The molecule has 7 heteroatoms. The summed E-state index contributed by atoms with van der Waals surface area (Å²) in [4.78, 5) is 11.4. The summed E-state index contributed by atoms with van der Waals surface area (Å²) in [6.07, 6.45) is -5.25. The van der Waals surface area contributed by atoms with Gasteiger partial charge in [0, 0.05) is 6.54 Å². The van der Waals surface area contributed by atoms with Crippen LogP contribution in [0.4, 0.5) is 18.0 Å². The minimum Gasteiger partial charge on any atom is -0.444 e. The molecule has 0 saturated carbocycles. The highest BCUT2D eigenvalue weighted by Gasteiger charge is 2.33. The van der Waals surface area contributed by atoms with E-state index in [0.29, 0.717) is 0 Å². The minimum atomic E-state index is -4.53. The molecule has 1 N–H and O–H groups in total. The van der Waals surface area contributed by atoms with Crippen molar-refractivity contribution in [3.05, 3.63) is 34.3 Å². The van der Waals surface area contributed by atoms with Gasteiger partial charge in [0.15, 0.2) is 0 Å². The molecule has 0 aliphatic carbocycles. The molecule has 0 atom stereocenters. The molecule has 1 aromatic rings. The van der Waals surface area contributed by atoms with Gasteiger partial charge in [0.2, 0.25) is 0 Å². The Kier molecular flexibility index (Phi) is 4.91. The highest BCUT2D eigenvalue weighted by molar-refractivity contribution is 6.32. The molecule has 0 spiro atoms. The Hall–Kier alpha value is -1.43. The summed E-state index contributed by atoms with van der Waals surface area (Å²) in [7, 11) is 0. The Balaban J connectivity index is 2.78. The zero-order chi connectivity index (χ0) is 15.6. The standard InChI is InChI=1S/C13H15ClF3NO2/c1-12(2,3)20-11(19)18-7-8-5-4-6-9(10(8)14)13(15,16)17/h4-6H,7H2,1-3H3,(H,18,19). The van der Waals surface area contributed by atoms with Crippen LogP contribution in [0.25, 0.3) is 0 Å². The average molecular weight is 310 g/mol. The summed E-state index contributed by atoms with van der Waals surface area (Å²) < 4.78 is 42.9. The smallest absolute Gasteiger partial charge is 0.417 e. The third kappa shape index (κ3) is 4.92. The summed E-state index contributed by atoms with van der Waals surface area (Å²) >= 11 is 5.70. The number of nitrogens with one attached hydrogen (secondary N) is 1. The zero-order valence-electron chi connectivity index (χ0n) is 11.3. The van der Waals surface area contributed by atoms with Gasteiger partial charge in [0.25, 0.3) is 0 Å². The fraction of sp³-hybridized carbons (Fsp3) is 0.462. The van der Waals surface area contributed by atoms with Crippen molar-refractivity contribution in [1.82, 2.24) is 5.32 Å². The fourth-order valence-electron chi connectivity index (χ4n) is 1.42. The van der Waals surface area contributed by atoms with Crippen LogP contribution >= 0.6 is 11.6 Å². The number of ether oxygens (including phenoxy) is 1. The predicted molar refractivity (Wildman–Crippen MR) is 69.5 cm³/mol. The van der Waals surface area contributed by atoms with Gasteiger partial charge in [0.1, 0.15) is 5.60 Å². The molecule has 20 heavy (non-hydrogen) atoms. The molecule has 0 aromatic heterocycles. The lowest BCUT2D eigenvalue weighted by atomic mass is 10.1. The molecule has 112 valence electrons. The van der Waals surface area contributed by atoms with E-state index in [1.54, 1.807) is 20.8 Å². The maximum atomic E-state index is 12.7. The van der Waals surface area contributed by atoms with Crippen molar-refractivity contribution in [1.29, 1.82) is 0 Å². The second kappa shape index (κ2) is 5.91. The molecular formula is C13H15ClF3NO2. The summed E-state index contributed by atoms with van der Waals surface area (Å²) in [5, 5.41) is 1.94. The van der Waals surface area contributed by atoms with Gasteiger partial charge in [-0.2, -0.15) is 13.2 Å². The van der Waals surface area contributed by atoms with Gasteiger partial charge in [-0.15, -0.1) is 0 Å². The van der Waals surface area contributed by atoms with Crippen LogP contribution in [0, 0.1) is 0 Å². The van der Waals surface area contributed by atoms with E-state index in [-0.39, 0.29) is 12.1 Å². The van der Waals surface area contributed by atoms with Crippen molar-refractivity contribution in [2.45, 2.75) is 39.1 Å². The minimum absolute atomic E-state index is 0.141. The average Bonchev–Trinajstić information content (AvgIpc) is 2.23. The number of carbonyl (C=O) groups excluding carboxylic acids is 1. The monoisotopic (exact) mass is 309 g/mol. The number of alkyl carbamates (subject to hydrolysis) is 1. The van der Waals surface area contributed by atoms with Crippen molar-refractivity contribution >= 4 is 17.7 Å². The first-order chi connectivity index (χ1) is 9.00. The van der Waals surface area contributed by atoms with Crippen LogP contribution in [-0.4, -0.2) is 11.7 Å². The molecule has 0 fully saturated rings. The molecular weight excluding hydrogens is 295 g/mol. The molecule has 0 aliphatic rings. The Morgan fingerprint density at radius 1 is 1.30 bits per heavy atom. The van der Waals surface area contributed by atoms with E-state index in [9.17, 15) is 18.0 Å². The number of rotatable bonds is 2. The number of amides is 1. The van der Waals surface area contributed by atoms with Gasteiger partial charge in [-0.1, -0.05) is 23.7 Å². The second-order valence-corrected chi connectivity index (χ2v) is 5.51. The lowest BCUT2D eigenvalue weighted by Crippen LogP contribution is -2.32. The Labute approximate surface area is 120 Å². The van der Waals surface area contributed by atoms with Crippen molar-refractivity contribution in [3.8, 4) is 0 Å². The van der Waals surface area contributed by atoms with Crippen LogP contribution in [0.1, 0.15) is 31.9 Å². The normalized spacial score (nSPS) is 12.2. The number of hydrogen-bond acceptors (Lipinski definition) is 2. The number of alkyl halides is 3. The van der Waals surface area contributed by atoms with Gasteiger partial charge in [-0.05, 0) is 32.4 Å². The van der Waals surface area contributed by atoms with Gasteiger partial charge in [-0.3, -0.25) is 0 Å². The van der Waals surface area contributed by atoms with Crippen LogP contribution in [-0.2, 0) is 17.5 Å². The first kappa shape index (κ1) is 16.6. The number of carbonyl (C=O) groups is 1. The van der Waals surface area contributed by atoms with Gasteiger partial charge >= 0.3 is 12.3 Å². The van der Waals surface area contributed by atoms with Gasteiger partial charge in [-0.25, -0.2) is 4.79 Å². The summed E-state index contributed by atoms with van der Waals surface area (Å²) in [6, 6.07) is 3.54. The van der Waals surface area contributed by atoms with E-state index < -0.39 is 28.5 Å². The van der Waals surface area contributed by atoms with E-state index in [1.807, 2.05) is 0 Å². The second-order valence-electron chi connectivity index (χ2n) is 5.13. The maximum Gasteiger partial charge on any atom is 0.417 e. The molecule has 1 aromatic carbocycles. The van der Waals surface area contributed by atoms with E-state index in [4.69, 9.17) is 16.3 Å². The topological polar surface area (TPSA) is 38.3 Å². The first-order valence-electron chi connectivity index (χ1n) is 5.82. The molecule has 3 nitrogen and oxygen atoms in total. The number of benzene rings is 1. The highest BCUT2D eigenvalue weighted by Crippen LogP contribution is 2.36. The lowest BCUT2D eigenvalue weighted by Gasteiger charge is -2.20. The number of hydrogen-bond donors (Lipinski definition) is 1. The molecule has 0 saturated heterocycles. The fourth-order valence-corrected chi connectivity index (χ4v) is 1.72. The molecule has 1 amide bonds. The van der Waals surface area contributed by atoms with Crippen molar-refractivity contribution < 1.29 is 22.7 Å². The molecule has 1 rings (SSSR count). The predicted octanol–water partition coefficient (Wildman–Crippen LogP) is 4.38. The Morgan fingerprint density at radius 3 is 2.40 bits per heavy atom. The first-order valence-corrected chi connectivity index (χ1v) is 6.20. The quantitative estimate of drug-likeness (QED) is 0.880. The number of halogens is 4. The largest absolute Gasteiger partial charge is 0.444 e. The molecule has 0 bridgehead atoms. The van der Waals surface area contributed by atoms with Crippen LogP contribution < -0.4 is 5.32 Å². The summed E-state index contributed by atoms with van der Waals surface area (Å²) in [6.45, 7) is 4.91. The van der Waals surface area contributed by atoms with E-state index in [1.165, 1.54) is 12.1 Å². The molecule has 0 radical (unpaired) electrons. The van der Waals surface area contributed by atoms with Crippen LogP contribution in [0.3, 0.4) is 0 Å². The lowest BCUT2D eigenvalue weighted by molar-refractivity contribution is -0.137. The maximum absolute atomic E-state index is 12.7. The Bertz CT molecular complexity index is 495. The van der Waals surface area contributed by atoms with Gasteiger partial charge < -0.3 is 10.1 Å². The van der Waals surface area contributed by atoms with E-state index >= 15 is 0 Å². The van der Waals surface area contributed by atoms with Crippen molar-refractivity contribution in [2.24, 2.45) is 0 Å². The highest BCUT2D eigenvalue weighted by atomic mass is 35.5. The third-order valence-electron chi connectivity index (χ3n) is 2.21. The van der Waals surface area contributed by atoms with Crippen LogP contribution in [0.2, 0.25) is 5.02 Å². The van der Waals surface area contributed by atoms with E-state index in [0.717, 1.165) is 6.07 Å². The van der Waals surface area contributed by atoms with Crippen molar-refractivity contribution in [2.75, 3.05) is 0 Å². The summed E-state index contributed by atoms with van der Waals surface area (Å²) in [5.41, 5.74) is -1.43. The third-order valence-corrected chi connectivity index (χ3v) is 2.65. The SMILES string of the molecule is CC(C)(C)OC(=O)NCc1cccc(C(F)(F)F)c1Cl. The van der Waals surface area contributed by atoms with Crippen molar-refractivity contribution in [3.63, 3.8) is 0 Å². The van der Waals surface area contributed by atoms with Crippen LogP contribution in [0.15, 0.2) is 18.2 Å². The van der Waals surface area contributed by atoms with Crippen LogP contribution in [0.5, 0.6) is 0 Å². The zero-order valence-corrected chi connectivity index (χ0v) is 12.0. The molecule has 0 heterocycles. The van der Waals surface area contributed by atoms with E-state index in [2.05, 4.69) is 5.32 Å². The Morgan fingerprint density at radius 2 is 1.90 bits per heavy atom. The summed E-state index contributed by atoms with van der Waals surface area (Å²) in [5.74, 6) is 0. The molecule has 0 aliphatic heterocycles. The van der Waals surface area contributed by atoms with Gasteiger partial charge in [0.05, 0.1) is 10.6 Å². The molecule has 0 unspecified atom stereocenters.